The third-order valence-electron chi connectivity index (χ3n) is 12.8. The van der Waals surface area contributed by atoms with Crippen molar-refractivity contribution >= 4 is 11.8 Å². The van der Waals surface area contributed by atoms with Crippen LogP contribution in [0.5, 0.6) is 0 Å². The van der Waals surface area contributed by atoms with E-state index < -0.39 is 0 Å². The normalized spacial score (nSPS) is 58.4. The summed E-state index contributed by atoms with van der Waals surface area (Å²) < 4.78 is 5.93. The van der Waals surface area contributed by atoms with E-state index in [1.165, 1.54) is 32.1 Å². The van der Waals surface area contributed by atoms with Gasteiger partial charge < -0.3 is 4.74 Å². The molecule has 5 saturated carbocycles. The number of ketones is 1. The van der Waals surface area contributed by atoms with Gasteiger partial charge in [0.15, 0.2) is 0 Å². The Morgan fingerprint density at radius 3 is 2.27 bits per heavy atom. The predicted molar refractivity (Wildman–Crippen MR) is 116 cm³/mol. The van der Waals surface area contributed by atoms with Gasteiger partial charge in [-0.25, -0.2) is 0 Å². The number of carbonyl (C=O) groups is 2. The summed E-state index contributed by atoms with van der Waals surface area (Å²) in [6.07, 6.45) is 11.4. The molecule has 6 aliphatic rings. The average molecular weight is 413 g/mol. The maximum atomic E-state index is 12.8. The summed E-state index contributed by atoms with van der Waals surface area (Å²) in [7, 11) is 0. The molecule has 1 aliphatic heterocycles. The first-order valence-corrected chi connectivity index (χ1v) is 12.8. The van der Waals surface area contributed by atoms with Crippen molar-refractivity contribution in [3.63, 3.8) is 0 Å². The second-order valence-electron chi connectivity index (χ2n) is 13.5. The van der Waals surface area contributed by atoms with Crippen molar-refractivity contribution in [2.45, 2.75) is 105 Å². The monoisotopic (exact) mass is 412 g/mol. The highest BCUT2D eigenvalue weighted by Gasteiger charge is 2.74. The quantitative estimate of drug-likeness (QED) is 0.462. The highest BCUT2D eigenvalue weighted by atomic mass is 16.6. The molecule has 0 spiro atoms. The molecule has 0 amide bonds. The smallest absolute Gasteiger partial charge is 0.312 e. The van der Waals surface area contributed by atoms with Crippen LogP contribution in [0, 0.1) is 50.7 Å². The molecule has 5 aliphatic carbocycles. The van der Waals surface area contributed by atoms with Crippen molar-refractivity contribution in [2.24, 2.45) is 50.7 Å². The van der Waals surface area contributed by atoms with Gasteiger partial charge in [-0.3, -0.25) is 9.59 Å². The van der Waals surface area contributed by atoms with E-state index in [4.69, 9.17) is 4.74 Å². The van der Waals surface area contributed by atoms with E-state index in [9.17, 15) is 9.59 Å². The minimum absolute atomic E-state index is 0.140. The second-order valence-corrected chi connectivity index (χ2v) is 13.5. The number of fused-ring (bicyclic) bond motifs is 5. The first-order valence-electron chi connectivity index (χ1n) is 12.8. The fourth-order valence-electron chi connectivity index (χ4n) is 11.1. The van der Waals surface area contributed by atoms with Gasteiger partial charge in [0, 0.05) is 17.8 Å². The lowest BCUT2D eigenvalue weighted by Gasteiger charge is -2.71. The molecule has 1 unspecified atom stereocenters. The van der Waals surface area contributed by atoms with Crippen LogP contribution in [0.2, 0.25) is 0 Å². The number of carbonyl (C=O) groups excluding carboxylic acids is 2. The molecule has 0 aromatic rings. The molecule has 0 aromatic carbocycles. The zero-order valence-corrected chi connectivity index (χ0v) is 19.7. The molecule has 1 heterocycles. The van der Waals surface area contributed by atoms with Gasteiger partial charge in [0.05, 0.1) is 5.41 Å². The van der Waals surface area contributed by atoms with Crippen LogP contribution in [-0.2, 0) is 14.3 Å². The lowest BCUT2D eigenvalue weighted by atomic mass is 9.32. The number of esters is 1. The SMILES string of the molecule is CC1(C)C(=O)CC[C@]2(C)[C@H]3CC[C@@H]4[C@H]5[C@H]6CCC5(CC[C@@]4(C)[C@]3(C)CC[C@@H]12)C(=O)O6. The van der Waals surface area contributed by atoms with Crippen LogP contribution in [0.3, 0.4) is 0 Å². The van der Waals surface area contributed by atoms with Crippen molar-refractivity contribution < 1.29 is 14.3 Å². The Hall–Kier alpha value is -0.860. The third kappa shape index (κ3) is 1.93. The van der Waals surface area contributed by atoms with Crippen LogP contribution in [0.25, 0.3) is 0 Å². The number of hydrogen-bond acceptors (Lipinski definition) is 3. The van der Waals surface area contributed by atoms with E-state index in [1.54, 1.807) is 0 Å². The maximum absolute atomic E-state index is 12.8. The van der Waals surface area contributed by atoms with Crippen molar-refractivity contribution in [2.75, 3.05) is 0 Å². The summed E-state index contributed by atoms with van der Waals surface area (Å²) in [6, 6.07) is 0. The molecule has 6 rings (SSSR count). The highest BCUT2D eigenvalue weighted by molar-refractivity contribution is 5.85. The van der Waals surface area contributed by atoms with E-state index >= 15 is 0 Å². The number of ether oxygens (including phenoxy) is 1. The summed E-state index contributed by atoms with van der Waals surface area (Å²) in [5.41, 5.74) is 0.560. The number of Topliss-reactive ketones (excluding diaryl/α,β-unsaturated/α-hetero) is 1. The molecule has 0 N–H and O–H groups in total. The van der Waals surface area contributed by atoms with Gasteiger partial charge in [-0.1, -0.05) is 34.6 Å². The standard InChI is InChI=1S/C27H40O3/c1-23(2)18-9-12-26(5)19(24(18,3)11-10-20(23)28)7-6-16-21-17-8-13-27(21,22(29)30-17)15-14-25(16,26)4/h16-19,21H,6-15H2,1-5H3/t16-,17-,18+,19-,21+,24+,25-,26-,27?/m1/s1. The molecule has 2 bridgehead atoms. The maximum Gasteiger partial charge on any atom is 0.312 e. The van der Waals surface area contributed by atoms with Gasteiger partial charge in [0.25, 0.3) is 0 Å². The van der Waals surface area contributed by atoms with Gasteiger partial charge >= 0.3 is 5.97 Å². The number of rotatable bonds is 0. The molecule has 30 heavy (non-hydrogen) atoms. The molecule has 3 heteroatoms. The fraction of sp³-hybridized carbons (Fsp3) is 0.926. The zero-order chi connectivity index (χ0) is 21.3. The second kappa shape index (κ2) is 5.54. The van der Waals surface area contributed by atoms with E-state index in [-0.39, 0.29) is 28.3 Å². The van der Waals surface area contributed by atoms with Crippen molar-refractivity contribution in [3.05, 3.63) is 0 Å². The minimum Gasteiger partial charge on any atom is -0.462 e. The third-order valence-corrected chi connectivity index (χ3v) is 12.8. The molecule has 0 radical (unpaired) electrons. The highest BCUT2D eigenvalue weighted by Crippen LogP contribution is 2.77. The van der Waals surface area contributed by atoms with Crippen molar-refractivity contribution in [1.29, 1.82) is 0 Å². The first kappa shape index (κ1) is 19.8. The lowest BCUT2D eigenvalue weighted by Crippen LogP contribution is -2.66. The summed E-state index contributed by atoms with van der Waals surface area (Å²) >= 11 is 0. The molecular formula is C27H40O3. The first-order chi connectivity index (χ1) is 14.0. The fourth-order valence-corrected chi connectivity index (χ4v) is 11.1. The van der Waals surface area contributed by atoms with Gasteiger partial charge in [-0.15, -0.1) is 0 Å². The largest absolute Gasteiger partial charge is 0.462 e. The van der Waals surface area contributed by atoms with Crippen LogP contribution in [0.1, 0.15) is 98.8 Å². The van der Waals surface area contributed by atoms with E-state index in [2.05, 4.69) is 34.6 Å². The lowest BCUT2D eigenvalue weighted by molar-refractivity contribution is -0.228. The molecule has 9 atom stereocenters. The zero-order valence-electron chi connectivity index (χ0n) is 19.7. The Labute approximate surface area is 182 Å². The number of hydrogen-bond donors (Lipinski definition) is 0. The average Bonchev–Trinajstić information content (AvgIpc) is 3.18. The Morgan fingerprint density at radius 1 is 0.767 bits per heavy atom. The van der Waals surface area contributed by atoms with E-state index in [0.29, 0.717) is 40.3 Å². The summed E-state index contributed by atoms with van der Waals surface area (Å²) in [5.74, 6) is 2.95. The minimum atomic E-state index is -0.173. The Kier molecular flexibility index (Phi) is 3.66. The molecule has 6 fully saturated rings. The van der Waals surface area contributed by atoms with Gasteiger partial charge in [-0.05, 0) is 91.8 Å². The van der Waals surface area contributed by atoms with Gasteiger partial charge in [0.2, 0.25) is 0 Å². The Bertz CT molecular complexity index is 830. The Balaban J connectivity index is 1.41. The van der Waals surface area contributed by atoms with Crippen LogP contribution < -0.4 is 0 Å². The molecular weight excluding hydrogens is 372 g/mol. The molecule has 1 saturated heterocycles. The summed E-state index contributed by atoms with van der Waals surface area (Å²) in [4.78, 5) is 25.7. The van der Waals surface area contributed by atoms with Crippen LogP contribution in [0.15, 0.2) is 0 Å². The van der Waals surface area contributed by atoms with Crippen molar-refractivity contribution in [1.82, 2.24) is 0 Å². The molecule has 0 aromatic heterocycles. The van der Waals surface area contributed by atoms with Crippen molar-refractivity contribution in [3.8, 4) is 0 Å². The summed E-state index contributed by atoms with van der Waals surface area (Å²) in [6.45, 7) is 12.2. The predicted octanol–water partition coefficient (Wildman–Crippen LogP) is 5.95. The van der Waals surface area contributed by atoms with Crippen LogP contribution >= 0.6 is 0 Å². The van der Waals surface area contributed by atoms with Gasteiger partial charge in [0.1, 0.15) is 11.9 Å². The Morgan fingerprint density at radius 2 is 1.53 bits per heavy atom. The van der Waals surface area contributed by atoms with Crippen LogP contribution in [-0.4, -0.2) is 17.9 Å². The van der Waals surface area contributed by atoms with E-state index in [0.717, 1.165) is 32.1 Å². The topological polar surface area (TPSA) is 43.4 Å². The van der Waals surface area contributed by atoms with Gasteiger partial charge in [-0.2, -0.15) is 0 Å². The molecule has 166 valence electrons. The van der Waals surface area contributed by atoms with Crippen LogP contribution in [0.4, 0.5) is 0 Å². The summed E-state index contributed by atoms with van der Waals surface area (Å²) in [5, 5.41) is 0. The van der Waals surface area contributed by atoms with E-state index in [1.807, 2.05) is 0 Å². The molecule has 3 nitrogen and oxygen atoms in total.